The summed E-state index contributed by atoms with van der Waals surface area (Å²) in [5, 5.41) is 5.30. The molecule has 8 nitrogen and oxygen atoms in total. The molecule has 32 heavy (non-hydrogen) atoms. The van der Waals surface area contributed by atoms with Gasteiger partial charge in [-0.05, 0) is 38.0 Å². The van der Waals surface area contributed by atoms with Gasteiger partial charge in [-0.1, -0.05) is 46.0 Å². The van der Waals surface area contributed by atoms with Crippen molar-refractivity contribution in [3.8, 4) is 0 Å². The van der Waals surface area contributed by atoms with Crippen molar-refractivity contribution in [1.82, 2.24) is 15.5 Å². The van der Waals surface area contributed by atoms with Gasteiger partial charge < -0.3 is 15.5 Å². The van der Waals surface area contributed by atoms with E-state index in [0.29, 0.717) is 25.3 Å². The molecule has 2 fully saturated rings. The number of hydrogen-bond donors (Lipinski definition) is 2. The van der Waals surface area contributed by atoms with E-state index in [2.05, 4.69) is 10.6 Å². The maximum Gasteiger partial charge on any atom is 0.245 e. The maximum atomic E-state index is 13.0. The minimum atomic E-state index is -0.897. The van der Waals surface area contributed by atoms with Crippen LogP contribution >= 0.6 is 0 Å². The third kappa shape index (κ3) is 7.14. The number of ketones is 2. The zero-order chi connectivity index (χ0) is 23.8. The van der Waals surface area contributed by atoms with E-state index in [1.807, 2.05) is 0 Å². The van der Waals surface area contributed by atoms with Crippen LogP contribution in [0.3, 0.4) is 0 Å². The Morgan fingerprint density at radius 1 is 0.906 bits per heavy atom. The number of nitrogens with zero attached hydrogens (tertiary/aromatic N) is 1. The average Bonchev–Trinajstić information content (AvgIpc) is 3.24. The minimum Gasteiger partial charge on any atom is -0.345 e. The summed E-state index contributed by atoms with van der Waals surface area (Å²) in [6, 6.07) is -2.33. The molecular formula is C24H39N3O5. The fourth-order valence-corrected chi connectivity index (χ4v) is 4.81. The largest absolute Gasteiger partial charge is 0.345 e. The second-order valence-corrected chi connectivity index (χ2v) is 9.67. The molecular weight excluding hydrogens is 410 g/mol. The molecule has 0 spiro atoms. The third-order valence-corrected chi connectivity index (χ3v) is 6.65. The highest BCUT2D eigenvalue weighted by molar-refractivity contribution is 6.39. The minimum absolute atomic E-state index is 0.227. The van der Waals surface area contributed by atoms with E-state index in [1.165, 1.54) is 31.1 Å². The van der Waals surface area contributed by atoms with Gasteiger partial charge >= 0.3 is 0 Å². The molecule has 2 aliphatic rings. The molecule has 0 aromatic carbocycles. The normalized spacial score (nSPS) is 21.2. The van der Waals surface area contributed by atoms with Crippen LogP contribution in [0.5, 0.6) is 0 Å². The van der Waals surface area contributed by atoms with E-state index in [0.717, 1.165) is 19.3 Å². The molecule has 1 aliphatic heterocycles. The van der Waals surface area contributed by atoms with E-state index >= 15 is 0 Å². The van der Waals surface area contributed by atoms with Crippen LogP contribution in [0.1, 0.15) is 85.5 Å². The maximum absolute atomic E-state index is 13.0. The zero-order valence-corrected chi connectivity index (χ0v) is 19.9. The lowest BCUT2D eigenvalue weighted by molar-refractivity contribution is -0.143. The molecule has 180 valence electrons. The average molecular weight is 450 g/mol. The van der Waals surface area contributed by atoms with E-state index < -0.39 is 35.6 Å². The molecule has 0 radical (unpaired) electrons. The molecule has 0 bridgehead atoms. The lowest BCUT2D eigenvalue weighted by Gasteiger charge is -2.29. The second kappa shape index (κ2) is 12.1. The summed E-state index contributed by atoms with van der Waals surface area (Å²) >= 11 is 0. The van der Waals surface area contributed by atoms with Gasteiger partial charge in [0.2, 0.25) is 29.3 Å². The van der Waals surface area contributed by atoms with Crippen molar-refractivity contribution < 1.29 is 24.0 Å². The zero-order valence-electron chi connectivity index (χ0n) is 19.9. The monoisotopic (exact) mass is 449 g/mol. The first-order chi connectivity index (χ1) is 15.1. The number of amides is 3. The van der Waals surface area contributed by atoms with Gasteiger partial charge in [0.1, 0.15) is 12.1 Å². The van der Waals surface area contributed by atoms with Crippen LogP contribution in [0.25, 0.3) is 0 Å². The number of Topliss-reactive ketones (excluding diaryl/α,β-unsaturated/α-hetero) is 2. The van der Waals surface area contributed by atoms with Gasteiger partial charge in [0, 0.05) is 19.9 Å². The highest BCUT2D eigenvalue weighted by Crippen LogP contribution is 2.27. The highest BCUT2D eigenvalue weighted by Gasteiger charge is 2.38. The molecule has 2 N–H and O–H groups in total. The Labute approximate surface area is 191 Å². The van der Waals surface area contributed by atoms with Gasteiger partial charge in [-0.3, -0.25) is 24.0 Å². The summed E-state index contributed by atoms with van der Waals surface area (Å²) in [6.45, 7) is 6.94. The van der Waals surface area contributed by atoms with E-state index in [9.17, 15) is 24.0 Å². The number of carbonyl (C=O) groups is 5. The van der Waals surface area contributed by atoms with Gasteiger partial charge in [0.15, 0.2) is 0 Å². The molecule has 8 heteroatoms. The van der Waals surface area contributed by atoms with Crippen molar-refractivity contribution in [2.45, 2.75) is 104 Å². The summed E-state index contributed by atoms with van der Waals surface area (Å²) in [6.07, 6.45) is 7.97. The van der Waals surface area contributed by atoms with Crippen LogP contribution in [-0.4, -0.2) is 58.9 Å². The van der Waals surface area contributed by atoms with E-state index in [1.54, 1.807) is 20.8 Å². The lowest BCUT2D eigenvalue weighted by Crippen LogP contribution is -2.56. The summed E-state index contributed by atoms with van der Waals surface area (Å²) in [4.78, 5) is 63.9. The Morgan fingerprint density at radius 3 is 2.16 bits per heavy atom. The van der Waals surface area contributed by atoms with Crippen LogP contribution < -0.4 is 10.6 Å². The predicted octanol–water partition coefficient (Wildman–Crippen LogP) is 2.14. The second-order valence-electron chi connectivity index (χ2n) is 9.67. The van der Waals surface area contributed by atoms with Crippen LogP contribution in [0, 0.1) is 11.8 Å². The number of hydrogen-bond acceptors (Lipinski definition) is 5. The Kier molecular flexibility index (Phi) is 9.84. The van der Waals surface area contributed by atoms with Gasteiger partial charge in [0.05, 0.1) is 6.04 Å². The highest BCUT2D eigenvalue weighted by atomic mass is 16.2. The van der Waals surface area contributed by atoms with Gasteiger partial charge in [0.25, 0.3) is 0 Å². The quantitative estimate of drug-likeness (QED) is 0.496. The van der Waals surface area contributed by atoms with Gasteiger partial charge in [-0.15, -0.1) is 0 Å². The van der Waals surface area contributed by atoms with E-state index in [-0.39, 0.29) is 24.2 Å². The number of rotatable bonds is 10. The van der Waals surface area contributed by atoms with Crippen molar-refractivity contribution in [2.75, 3.05) is 6.54 Å². The molecule has 1 heterocycles. The number of nitrogens with one attached hydrogen (secondary N) is 2. The predicted molar refractivity (Wildman–Crippen MR) is 121 cm³/mol. The molecule has 0 aromatic heterocycles. The smallest absolute Gasteiger partial charge is 0.245 e. The standard InChI is InChI=1S/C24H39N3O5/c1-15(2)21(22(30)20(29)13-12-18-9-6-5-7-10-18)26-23(31)19-11-8-14-27(19)24(32)16(3)25-17(4)28/h15-16,18-19,21H,5-14H2,1-4H3,(H,25,28)(H,26,31)/t16-,19-,21-/m0/s1. The number of likely N-dealkylation sites (tertiary alicyclic amines) is 1. The van der Waals surface area contributed by atoms with Gasteiger partial charge in [-0.2, -0.15) is 0 Å². The van der Waals surface area contributed by atoms with Crippen molar-refractivity contribution in [3.63, 3.8) is 0 Å². The first kappa shape index (κ1) is 26.0. The molecule has 0 unspecified atom stereocenters. The molecule has 1 saturated carbocycles. The summed E-state index contributed by atoms with van der Waals surface area (Å²) in [5.41, 5.74) is 0. The molecule has 0 aromatic rings. The molecule has 3 amide bonds. The Hall–Kier alpha value is -2.25. The van der Waals surface area contributed by atoms with Crippen LogP contribution in [0.2, 0.25) is 0 Å². The SMILES string of the molecule is CC(=O)N[C@@H](C)C(=O)N1CCC[C@H]1C(=O)N[C@H](C(=O)C(=O)CCC1CCCCC1)C(C)C. The van der Waals surface area contributed by atoms with Crippen molar-refractivity contribution in [1.29, 1.82) is 0 Å². The van der Waals surface area contributed by atoms with Crippen LogP contribution in [0.4, 0.5) is 0 Å². The first-order valence-corrected chi connectivity index (χ1v) is 12.1. The van der Waals surface area contributed by atoms with E-state index in [4.69, 9.17) is 0 Å². The lowest BCUT2D eigenvalue weighted by atomic mass is 9.84. The molecule has 1 saturated heterocycles. The third-order valence-electron chi connectivity index (χ3n) is 6.65. The molecule has 1 aliphatic carbocycles. The van der Waals surface area contributed by atoms with Crippen molar-refractivity contribution in [2.24, 2.45) is 11.8 Å². The topological polar surface area (TPSA) is 113 Å². The summed E-state index contributed by atoms with van der Waals surface area (Å²) < 4.78 is 0. The Bertz CT molecular complexity index is 714. The van der Waals surface area contributed by atoms with Crippen LogP contribution in [0.15, 0.2) is 0 Å². The summed E-state index contributed by atoms with van der Waals surface area (Å²) in [5.74, 6) is -1.76. The fourth-order valence-electron chi connectivity index (χ4n) is 4.81. The summed E-state index contributed by atoms with van der Waals surface area (Å²) in [7, 11) is 0. The Morgan fingerprint density at radius 2 is 1.56 bits per heavy atom. The van der Waals surface area contributed by atoms with Crippen molar-refractivity contribution >= 4 is 29.3 Å². The van der Waals surface area contributed by atoms with Gasteiger partial charge in [-0.25, -0.2) is 0 Å². The Balaban J connectivity index is 1.97. The van der Waals surface area contributed by atoms with Crippen LogP contribution in [-0.2, 0) is 24.0 Å². The van der Waals surface area contributed by atoms with Crippen molar-refractivity contribution in [3.05, 3.63) is 0 Å². The first-order valence-electron chi connectivity index (χ1n) is 12.1. The fraction of sp³-hybridized carbons (Fsp3) is 0.792. The number of carbonyl (C=O) groups excluding carboxylic acids is 5. The molecule has 3 atom stereocenters. The molecule has 2 rings (SSSR count).